The van der Waals surface area contributed by atoms with Crippen molar-refractivity contribution in [2.45, 2.75) is 62.3 Å². The number of benzene rings is 1. The van der Waals surface area contributed by atoms with E-state index in [1.54, 1.807) is 0 Å². The Labute approximate surface area is 152 Å². The number of rotatable bonds is 6. The van der Waals surface area contributed by atoms with Gasteiger partial charge < -0.3 is 10.2 Å². The third-order valence-electron chi connectivity index (χ3n) is 5.85. The molecule has 4 nitrogen and oxygen atoms in total. The molecular formula is C20H32N2O2S. The molecule has 0 amide bonds. The van der Waals surface area contributed by atoms with Gasteiger partial charge in [0.2, 0.25) is 0 Å². The summed E-state index contributed by atoms with van der Waals surface area (Å²) in [4.78, 5) is 2.54. The molecule has 1 aromatic carbocycles. The van der Waals surface area contributed by atoms with Crippen molar-refractivity contribution in [2.24, 2.45) is 0 Å². The summed E-state index contributed by atoms with van der Waals surface area (Å²) >= 11 is 0. The van der Waals surface area contributed by atoms with Gasteiger partial charge in [0.25, 0.3) is 0 Å². The van der Waals surface area contributed by atoms with Gasteiger partial charge in [-0.05, 0) is 50.8 Å². The molecule has 1 aliphatic heterocycles. The second kappa shape index (κ2) is 8.65. The second-order valence-electron chi connectivity index (χ2n) is 7.78. The van der Waals surface area contributed by atoms with Crippen LogP contribution >= 0.6 is 0 Å². The average molecular weight is 365 g/mol. The highest BCUT2D eigenvalue weighted by Gasteiger charge is 2.34. The van der Waals surface area contributed by atoms with Gasteiger partial charge in [0.05, 0.1) is 5.25 Å². The summed E-state index contributed by atoms with van der Waals surface area (Å²) in [5.74, 6) is 0. The summed E-state index contributed by atoms with van der Waals surface area (Å²) in [6.07, 6.45) is 8.80. The fourth-order valence-electron chi connectivity index (χ4n) is 4.36. The maximum atomic E-state index is 12.1. The van der Waals surface area contributed by atoms with Gasteiger partial charge in [0.1, 0.15) is 0 Å². The Hall–Kier alpha value is -0.910. The van der Waals surface area contributed by atoms with E-state index >= 15 is 0 Å². The maximum absolute atomic E-state index is 12.1. The summed E-state index contributed by atoms with van der Waals surface area (Å²) in [6.45, 7) is 3.34. The molecule has 140 valence electrons. The Bertz CT molecular complexity index is 624. The Morgan fingerprint density at radius 2 is 1.72 bits per heavy atom. The molecule has 2 fully saturated rings. The fourth-order valence-corrected chi connectivity index (χ4v) is 5.76. The molecule has 1 aliphatic carbocycles. The third kappa shape index (κ3) is 5.53. The zero-order valence-electron chi connectivity index (χ0n) is 15.4. The van der Waals surface area contributed by atoms with Crippen LogP contribution in [-0.4, -0.2) is 56.5 Å². The van der Waals surface area contributed by atoms with Crippen LogP contribution in [0.2, 0.25) is 0 Å². The summed E-state index contributed by atoms with van der Waals surface area (Å²) in [5, 5.41) is 3.52. The lowest BCUT2D eigenvalue weighted by Gasteiger charge is -2.38. The molecule has 0 unspecified atom stereocenters. The minimum atomic E-state index is -2.95. The first kappa shape index (κ1) is 18.9. The minimum absolute atomic E-state index is 0.157. The van der Waals surface area contributed by atoms with Crippen LogP contribution in [0.5, 0.6) is 0 Å². The zero-order valence-corrected chi connectivity index (χ0v) is 16.2. The van der Waals surface area contributed by atoms with Crippen LogP contribution in [0.1, 0.15) is 44.1 Å². The smallest absolute Gasteiger partial charge is 0.151 e. The fraction of sp³-hybridized carbons (Fsp3) is 0.700. The second-order valence-corrected chi connectivity index (χ2v) is 10.0. The number of hydrogen-bond donors (Lipinski definition) is 1. The third-order valence-corrected chi connectivity index (χ3v) is 7.51. The van der Waals surface area contributed by atoms with Crippen LogP contribution in [0.3, 0.4) is 0 Å². The number of likely N-dealkylation sites (tertiary alicyclic amines) is 1. The van der Waals surface area contributed by atoms with E-state index in [9.17, 15) is 8.42 Å². The molecule has 0 aromatic heterocycles. The van der Waals surface area contributed by atoms with Crippen molar-refractivity contribution in [3.63, 3.8) is 0 Å². The Balaban J connectivity index is 1.44. The van der Waals surface area contributed by atoms with Gasteiger partial charge in [0.15, 0.2) is 9.84 Å². The van der Waals surface area contributed by atoms with Crippen molar-refractivity contribution in [3.05, 3.63) is 35.9 Å². The van der Waals surface area contributed by atoms with Crippen LogP contribution in [0.15, 0.2) is 30.3 Å². The van der Waals surface area contributed by atoms with Gasteiger partial charge >= 0.3 is 0 Å². The molecular weight excluding hydrogens is 332 g/mol. The minimum Gasteiger partial charge on any atom is -0.310 e. The average Bonchev–Trinajstić information content (AvgIpc) is 2.62. The standard InChI is InChI=1S/C20H32N2O2S/c1-25(23,24)20-10-6-5-9-19(20)21-18-12-15-22(16-13-18)14-11-17-7-3-2-4-8-17/h2-4,7-8,18-21H,5-6,9-16H2,1H3/t19-,20-/m1/s1. The van der Waals surface area contributed by atoms with Crippen molar-refractivity contribution in [3.8, 4) is 0 Å². The van der Waals surface area contributed by atoms with E-state index in [-0.39, 0.29) is 11.3 Å². The molecule has 0 bridgehead atoms. The number of nitrogens with zero attached hydrogens (tertiary/aromatic N) is 1. The monoisotopic (exact) mass is 364 g/mol. The van der Waals surface area contributed by atoms with Crippen LogP contribution in [0.4, 0.5) is 0 Å². The van der Waals surface area contributed by atoms with E-state index in [1.165, 1.54) is 11.8 Å². The van der Waals surface area contributed by atoms with Crippen LogP contribution in [0, 0.1) is 0 Å². The van der Waals surface area contributed by atoms with Crippen molar-refractivity contribution in [2.75, 3.05) is 25.9 Å². The van der Waals surface area contributed by atoms with E-state index in [0.717, 1.165) is 64.6 Å². The first-order valence-electron chi connectivity index (χ1n) is 9.73. The van der Waals surface area contributed by atoms with Gasteiger partial charge in [-0.3, -0.25) is 0 Å². The number of sulfone groups is 1. The molecule has 25 heavy (non-hydrogen) atoms. The lowest BCUT2D eigenvalue weighted by molar-refractivity contribution is 0.186. The van der Waals surface area contributed by atoms with Crippen molar-refractivity contribution < 1.29 is 8.42 Å². The highest BCUT2D eigenvalue weighted by atomic mass is 32.2. The van der Waals surface area contributed by atoms with Crippen LogP contribution in [-0.2, 0) is 16.3 Å². The normalized spacial score (nSPS) is 26.6. The highest BCUT2D eigenvalue weighted by Crippen LogP contribution is 2.25. The van der Waals surface area contributed by atoms with Gasteiger partial charge in [-0.25, -0.2) is 8.42 Å². The number of hydrogen-bond acceptors (Lipinski definition) is 4. The highest BCUT2D eigenvalue weighted by molar-refractivity contribution is 7.91. The lowest BCUT2D eigenvalue weighted by atomic mass is 9.93. The van der Waals surface area contributed by atoms with Gasteiger partial charge in [-0.2, -0.15) is 0 Å². The molecule has 3 rings (SSSR count). The molecule has 5 heteroatoms. The topological polar surface area (TPSA) is 49.4 Å². The van der Waals surface area contributed by atoms with E-state index in [1.807, 2.05) is 0 Å². The summed E-state index contributed by atoms with van der Waals surface area (Å²) in [7, 11) is -2.95. The first-order chi connectivity index (χ1) is 12.0. The zero-order chi connectivity index (χ0) is 17.7. The molecule has 0 spiro atoms. The summed E-state index contributed by atoms with van der Waals surface area (Å²) in [6, 6.07) is 11.3. The van der Waals surface area contributed by atoms with E-state index in [0.29, 0.717) is 6.04 Å². The summed E-state index contributed by atoms with van der Waals surface area (Å²) < 4.78 is 24.1. The van der Waals surface area contributed by atoms with Gasteiger partial charge in [-0.15, -0.1) is 0 Å². The molecule has 1 heterocycles. The Kier molecular flexibility index (Phi) is 6.53. The number of piperidine rings is 1. The first-order valence-corrected chi connectivity index (χ1v) is 11.7. The van der Waals surface area contributed by atoms with Crippen molar-refractivity contribution in [1.29, 1.82) is 0 Å². The Morgan fingerprint density at radius 3 is 2.40 bits per heavy atom. The largest absolute Gasteiger partial charge is 0.310 e. The van der Waals surface area contributed by atoms with Crippen LogP contribution < -0.4 is 5.32 Å². The molecule has 1 aromatic rings. The number of nitrogens with one attached hydrogen (secondary N) is 1. The summed E-state index contributed by atoms with van der Waals surface area (Å²) in [5.41, 5.74) is 1.40. The van der Waals surface area contributed by atoms with Gasteiger partial charge in [-0.1, -0.05) is 43.2 Å². The molecule has 0 radical (unpaired) electrons. The lowest BCUT2D eigenvalue weighted by Crippen LogP contribution is -2.52. The molecule has 2 atom stereocenters. The van der Waals surface area contributed by atoms with E-state index in [2.05, 4.69) is 40.5 Å². The van der Waals surface area contributed by atoms with Crippen LogP contribution in [0.25, 0.3) is 0 Å². The van der Waals surface area contributed by atoms with E-state index in [4.69, 9.17) is 0 Å². The predicted molar refractivity (Wildman–Crippen MR) is 104 cm³/mol. The predicted octanol–water partition coefficient (Wildman–Crippen LogP) is 2.64. The van der Waals surface area contributed by atoms with E-state index < -0.39 is 9.84 Å². The molecule has 1 saturated heterocycles. The van der Waals surface area contributed by atoms with Gasteiger partial charge in [0, 0.05) is 24.9 Å². The maximum Gasteiger partial charge on any atom is 0.151 e. The quantitative estimate of drug-likeness (QED) is 0.843. The Morgan fingerprint density at radius 1 is 1.04 bits per heavy atom. The van der Waals surface area contributed by atoms with Crippen molar-refractivity contribution >= 4 is 9.84 Å². The SMILES string of the molecule is CS(=O)(=O)[C@@H]1CCCC[C@H]1NC1CCN(CCc2ccccc2)CC1. The molecule has 1 N–H and O–H groups in total. The van der Waals surface area contributed by atoms with Crippen molar-refractivity contribution in [1.82, 2.24) is 10.2 Å². The molecule has 1 saturated carbocycles. The molecule has 2 aliphatic rings.